The number of nitrogens with one attached hydrogen (secondary N) is 1. The molecule has 110 valence electrons. The summed E-state index contributed by atoms with van der Waals surface area (Å²) in [5.74, 6) is -0.835. The van der Waals surface area contributed by atoms with E-state index in [0.717, 1.165) is 25.7 Å². The van der Waals surface area contributed by atoms with E-state index in [-0.39, 0.29) is 11.8 Å². The lowest BCUT2D eigenvalue weighted by atomic mass is 9.95. The maximum absolute atomic E-state index is 12.2. The second kappa shape index (κ2) is 7.51. The van der Waals surface area contributed by atoms with Gasteiger partial charge in [0.05, 0.1) is 11.8 Å². The van der Waals surface area contributed by atoms with Crippen molar-refractivity contribution < 1.29 is 14.7 Å². The Labute approximate surface area is 116 Å². The Hall–Kier alpha value is -1.06. The fourth-order valence-corrected chi connectivity index (χ4v) is 2.99. The zero-order valence-electron chi connectivity index (χ0n) is 12.3. The summed E-state index contributed by atoms with van der Waals surface area (Å²) in [6, 6.07) is 0. The second-order valence-electron chi connectivity index (χ2n) is 5.72. The van der Waals surface area contributed by atoms with Crippen molar-refractivity contribution >= 4 is 11.9 Å². The van der Waals surface area contributed by atoms with E-state index in [0.29, 0.717) is 24.8 Å². The molecule has 0 aliphatic heterocycles. The van der Waals surface area contributed by atoms with E-state index in [4.69, 9.17) is 0 Å². The van der Waals surface area contributed by atoms with Crippen LogP contribution in [0.5, 0.6) is 0 Å². The van der Waals surface area contributed by atoms with Gasteiger partial charge in [0.15, 0.2) is 0 Å². The van der Waals surface area contributed by atoms with E-state index >= 15 is 0 Å². The number of carboxylic acids is 1. The largest absolute Gasteiger partial charge is 0.481 e. The molecule has 1 saturated carbocycles. The maximum atomic E-state index is 12.2. The first-order valence-electron chi connectivity index (χ1n) is 7.53. The minimum atomic E-state index is -0.821. The Balaban J connectivity index is 2.56. The van der Waals surface area contributed by atoms with Crippen molar-refractivity contribution in [2.24, 2.45) is 23.7 Å². The predicted molar refractivity (Wildman–Crippen MR) is 74.7 cm³/mol. The number of carbonyl (C=O) groups excluding carboxylic acids is 1. The van der Waals surface area contributed by atoms with Crippen LogP contribution in [-0.4, -0.2) is 23.5 Å². The summed E-state index contributed by atoms with van der Waals surface area (Å²) in [6.07, 6.45) is 4.42. The molecule has 0 saturated heterocycles. The van der Waals surface area contributed by atoms with Crippen LogP contribution in [0.15, 0.2) is 0 Å². The highest BCUT2D eigenvalue weighted by Gasteiger charge is 2.41. The third-order valence-electron chi connectivity index (χ3n) is 4.61. The lowest BCUT2D eigenvalue weighted by Gasteiger charge is -2.18. The average molecular weight is 269 g/mol. The van der Waals surface area contributed by atoms with E-state index in [1.165, 1.54) is 0 Å². The number of hydrogen-bond donors (Lipinski definition) is 2. The molecular weight excluding hydrogens is 242 g/mol. The summed E-state index contributed by atoms with van der Waals surface area (Å²) in [7, 11) is 0. The van der Waals surface area contributed by atoms with Gasteiger partial charge in [-0.3, -0.25) is 9.59 Å². The summed E-state index contributed by atoms with van der Waals surface area (Å²) in [5.41, 5.74) is 0. The number of carbonyl (C=O) groups is 2. The van der Waals surface area contributed by atoms with Crippen LogP contribution in [0.3, 0.4) is 0 Å². The van der Waals surface area contributed by atoms with Gasteiger partial charge in [-0.15, -0.1) is 0 Å². The fraction of sp³-hybridized carbons (Fsp3) is 0.867. The molecule has 0 bridgehead atoms. The first-order valence-corrected chi connectivity index (χ1v) is 7.53. The molecular formula is C15H27NO3. The van der Waals surface area contributed by atoms with Crippen LogP contribution in [0.4, 0.5) is 0 Å². The molecule has 3 atom stereocenters. The van der Waals surface area contributed by atoms with Crippen LogP contribution in [0.1, 0.15) is 52.9 Å². The van der Waals surface area contributed by atoms with Crippen LogP contribution in [0.2, 0.25) is 0 Å². The number of amides is 1. The van der Waals surface area contributed by atoms with Gasteiger partial charge < -0.3 is 10.4 Å². The Morgan fingerprint density at radius 1 is 1.16 bits per heavy atom. The smallest absolute Gasteiger partial charge is 0.307 e. The van der Waals surface area contributed by atoms with Crippen molar-refractivity contribution in [3.05, 3.63) is 0 Å². The first kappa shape index (κ1) is 16.0. The second-order valence-corrected chi connectivity index (χ2v) is 5.72. The standard InChI is InChI=1S/C15H27NO3/c1-4-10(5-2)9-16-14(17)12-7-11(6-3)8-13(12)15(18)19/h10-13H,4-9H2,1-3H3,(H,16,17)(H,18,19)/t11?,12-,13+/m0/s1. The molecule has 0 aromatic carbocycles. The van der Waals surface area contributed by atoms with Crippen LogP contribution < -0.4 is 5.32 Å². The Kier molecular flexibility index (Phi) is 6.32. The molecule has 0 radical (unpaired) electrons. The van der Waals surface area contributed by atoms with Crippen molar-refractivity contribution in [2.75, 3.05) is 6.54 Å². The summed E-state index contributed by atoms with van der Waals surface area (Å²) in [6.45, 7) is 6.96. The van der Waals surface area contributed by atoms with Crippen LogP contribution in [0, 0.1) is 23.7 Å². The van der Waals surface area contributed by atoms with Gasteiger partial charge in [0.1, 0.15) is 0 Å². The third kappa shape index (κ3) is 4.22. The molecule has 2 N–H and O–H groups in total. The molecule has 1 unspecified atom stereocenters. The summed E-state index contributed by atoms with van der Waals surface area (Å²) in [5, 5.41) is 12.2. The SMILES string of the molecule is CCC(CC)CNC(=O)[C@H]1CC(CC)C[C@H]1C(=O)O. The normalized spacial score (nSPS) is 26.6. The van der Waals surface area contributed by atoms with Crippen molar-refractivity contribution in [1.29, 1.82) is 0 Å². The molecule has 0 spiro atoms. The number of rotatable bonds is 7. The van der Waals surface area contributed by atoms with Crippen molar-refractivity contribution in [2.45, 2.75) is 52.9 Å². The monoisotopic (exact) mass is 269 g/mol. The minimum absolute atomic E-state index is 0.0600. The van der Waals surface area contributed by atoms with Gasteiger partial charge in [-0.1, -0.05) is 40.0 Å². The summed E-state index contributed by atoms with van der Waals surface area (Å²) < 4.78 is 0. The van der Waals surface area contributed by atoms with Gasteiger partial charge in [-0.05, 0) is 24.7 Å². The zero-order chi connectivity index (χ0) is 14.4. The molecule has 0 aromatic rings. The van der Waals surface area contributed by atoms with Crippen molar-refractivity contribution in [3.8, 4) is 0 Å². The highest BCUT2D eigenvalue weighted by molar-refractivity contribution is 5.85. The van der Waals surface area contributed by atoms with Crippen LogP contribution in [-0.2, 0) is 9.59 Å². The Morgan fingerprint density at radius 3 is 2.21 bits per heavy atom. The molecule has 0 aromatic heterocycles. The van der Waals surface area contributed by atoms with E-state index < -0.39 is 11.9 Å². The molecule has 1 fully saturated rings. The quantitative estimate of drug-likeness (QED) is 0.746. The summed E-state index contributed by atoms with van der Waals surface area (Å²) >= 11 is 0. The van der Waals surface area contributed by atoms with Gasteiger partial charge in [0.2, 0.25) is 5.91 Å². The minimum Gasteiger partial charge on any atom is -0.481 e. The molecule has 4 heteroatoms. The van der Waals surface area contributed by atoms with E-state index in [2.05, 4.69) is 26.1 Å². The van der Waals surface area contributed by atoms with Gasteiger partial charge >= 0.3 is 5.97 Å². The van der Waals surface area contributed by atoms with Crippen LogP contribution in [0.25, 0.3) is 0 Å². The van der Waals surface area contributed by atoms with Crippen molar-refractivity contribution in [3.63, 3.8) is 0 Å². The van der Waals surface area contributed by atoms with E-state index in [1.807, 2.05) is 0 Å². The molecule has 1 amide bonds. The lowest BCUT2D eigenvalue weighted by molar-refractivity contribution is -0.146. The molecule has 1 aliphatic carbocycles. The topological polar surface area (TPSA) is 66.4 Å². The molecule has 1 aliphatic rings. The predicted octanol–water partition coefficient (Wildman–Crippen LogP) is 2.68. The van der Waals surface area contributed by atoms with Gasteiger partial charge in [0, 0.05) is 6.54 Å². The molecule has 0 heterocycles. The first-order chi connectivity index (χ1) is 9.03. The van der Waals surface area contributed by atoms with E-state index in [1.54, 1.807) is 0 Å². The highest BCUT2D eigenvalue weighted by Crippen LogP contribution is 2.38. The third-order valence-corrected chi connectivity index (χ3v) is 4.61. The van der Waals surface area contributed by atoms with Crippen molar-refractivity contribution in [1.82, 2.24) is 5.32 Å². The Morgan fingerprint density at radius 2 is 1.74 bits per heavy atom. The Bertz CT molecular complexity index is 313. The molecule has 19 heavy (non-hydrogen) atoms. The van der Waals surface area contributed by atoms with Gasteiger partial charge in [-0.25, -0.2) is 0 Å². The number of aliphatic carboxylic acids is 1. The maximum Gasteiger partial charge on any atom is 0.307 e. The fourth-order valence-electron chi connectivity index (χ4n) is 2.99. The van der Waals surface area contributed by atoms with Gasteiger partial charge in [0.25, 0.3) is 0 Å². The summed E-state index contributed by atoms with van der Waals surface area (Å²) in [4.78, 5) is 23.4. The molecule has 1 rings (SSSR count). The highest BCUT2D eigenvalue weighted by atomic mass is 16.4. The van der Waals surface area contributed by atoms with E-state index in [9.17, 15) is 14.7 Å². The average Bonchev–Trinajstić information content (AvgIpc) is 2.84. The molecule has 4 nitrogen and oxygen atoms in total. The van der Waals surface area contributed by atoms with Gasteiger partial charge in [-0.2, -0.15) is 0 Å². The lowest BCUT2D eigenvalue weighted by Crippen LogP contribution is -2.37. The zero-order valence-corrected chi connectivity index (χ0v) is 12.3. The van der Waals surface area contributed by atoms with Crippen LogP contribution >= 0.6 is 0 Å². The number of hydrogen-bond acceptors (Lipinski definition) is 2. The number of carboxylic acid groups (broad SMARTS) is 1.